The number of hydrogen-bond acceptors (Lipinski definition) is 6. The Balaban J connectivity index is 1.16. The highest BCUT2D eigenvalue weighted by molar-refractivity contribution is 6.07. The number of benzene rings is 6. The molecule has 1 saturated carbocycles. The number of halogens is 1. The number of aryl methyl sites for hydroxylation is 1. The zero-order valence-corrected chi connectivity index (χ0v) is 32.8. The Morgan fingerprint density at radius 2 is 1.31 bits per heavy atom. The third kappa shape index (κ3) is 8.05. The van der Waals surface area contributed by atoms with Gasteiger partial charge in [-0.1, -0.05) is 97.9 Å². The molecule has 0 aliphatic heterocycles. The maximum atomic E-state index is 14.6. The molecule has 0 bridgehead atoms. The second-order valence-corrected chi connectivity index (χ2v) is 15.2. The Morgan fingerprint density at radius 3 is 1.97 bits per heavy atom. The molecule has 10 heteroatoms. The minimum Gasteiger partial charge on any atom is -0.490 e. The molecule has 6 aromatic rings. The third-order valence-electron chi connectivity index (χ3n) is 11.6. The van der Waals surface area contributed by atoms with Crippen molar-refractivity contribution in [1.82, 2.24) is 10.6 Å². The lowest BCUT2D eigenvalue weighted by atomic mass is 9.76. The van der Waals surface area contributed by atoms with Crippen molar-refractivity contribution in [1.29, 1.82) is 0 Å². The number of carbonyl (C=O) groups excluding carboxylic acids is 2. The van der Waals surface area contributed by atoms with Crippen LogP contribution >= 0.6 is 0 Å². The van der Waals surface area contributed by atoms with Crippen molar-refractivity contribution in [3.8, 4) is 17.2 Å². The summed E-state index contributed by atoms with van der Waals surface area (Å²) in [5.74, 6) is -2.05. The lowest BCUT2D eigenvalue weighted by Gasteiger charge is -2.44. The average molecular weight is 783 g/mol. The Labute approximate surface area is 337 Å². The highest BCUT2D eigenvalue weighted by Crippen LogP contribution is 2.45. The molecule has 298 valence electrons. The molecule has 4 atom stereocenters. The summed E-state index contributed by atoms with van der Waals surface area (Å²) < 4.78 is 31.9. The molecule has 0 saturated heterocycles. The van der Waals surface area contributed by atoms with Crippen LogP contribution in [-0.4, -0.2) is 53.3 Å². The minimum absolute atomic E-state index is 0.0432. The number of rotatable bonds is 15. The van der Waals surface area contributed by atoms with Gasteiger partial charge >= 0.3 is 5.97 Å². The third-order valence-corrected chi connectivity index (χ3v) is 11.6. The van der Waals surface area contributed by atoms with E-state index in [9.17, 15) is 23.9 Å². The summed E-state index contributed by atoms with van der Waals surface area (Å²) in [5.41, 5.74) is -1.75. The van der Waals surface area contributed by atoms with E-state index in [-0.39, 0.29) is 54.4 Å². The maximum absolute atomic E-state index is 14.6. The van der Waals surface area contributed by atoms with Crippen LogP contribution in [0.25, 0.3) is 21.5 Å². The van der Waals surface area contributed by atoms with Gasteiger partial charge in [-0.25, -0.2) is 9.18 Å². The minimum atomic E-state index is -1.89. The van der Waals surface area contributed by atoms with Gasteiger partial charge in [0, 0.05) is 10.8 Å². The first-order valence-electron chi connectivity index (χ1n) is 19.6. The molecular weight excluding hydrogens is 736 g/mol. The summed E-state index contributed by atoms with van der Waals surface area (Å²) in [6.45, 7) is 5.68. The Morgan fingerprint density at radius 1 is 0.741 bits per heavy atom. The van der Waals surface area contributed by atoms with Gasteiger partial charge in [0.05, 0.1) is 22.8 Å². The summed E-state index contributed by atoms with van der Waals surface area (Å²) >= 11 is 0. The second kappa shape index (κ2) is 17.0. The topological polar surface area (TPSA) is 123 Å². The predicted molar refractivity (Wildman–Crippen MR) is 222 cm³/mol. The van der Waals surface area contributed by atoms with Crippen LogP contribution in [0.3, 0.4) is 0 Å². The van der Waals surface area contributed by atoms with Gasteiger partial charge in [0.1, 0.15) is 36.3 Å². The number of fused-ring (bicyclic) bond motifs is 2. The van der Waals surface area contributed by atoms with Crippen molar-refractivity contribution >= 4 is 39.3 Å². The molecule has 0 radical (unpaired) electrons. The maximum Gasteiger partial charge on any atom is 0.331 e. The molecule has 2 amide bonds. The SMILES string of the molecule is CC(CCc1ccccc1)Oc1c(C(=O)NC2(C)C(C)CCC2(NC(=O)c2ccc3ccccc3c2OCCOc2ccc(F)cc2)C(=O)O)ccc2ccccc12. The van der Waals surface area contributed by atoms with Crippen molar-refractivity contribution < 1.29 is 38.1 Å². The molecule has 3 N–H and O–H groups in total. The molecule has 6 aromatic carbocycles. The second-order valence-electron chi connectivity index (χ2n) is 15.2. The van der Waals surface area contributed by atoms with E-state index in [1.165, 1.54) is 29.8 Å². The van der Waals surface area contributed by atoms with E-state index in [1.807, 2.05) is 86.6 Å². The van der Waals surface area contributed by atoms with E-state index in [0.717, 1.165) is 22.6 Å². The van der Waals surface area contributed by atoms with Gasteiger partial charge in [-0.05, 0) is 98.2 Å². The molecule has 4 unspecified atom stereocenters. The Kier molecular flexibility index (Phi) is 11.6. The molecular formula is C48H47FN2O7. The number of nitrogens with one attached hydrogen (secondary N) is 2. The largest absolute Gasteiger partial charge is 0.490 e. The quantitative estimate of drug-likeness (QED) is 0.0889. The van der Waals surface area contributed by atoms with Gasteiger partial charge < -0.3 is 30.0 Å². The van der Waals surface area contributed by atoms with Crippen molar-refractivity contribution in [2.75, 3.05) is 13.2 Å². The molecule has 1 aliphatic carbocycles. The zero-order valence-electron chi connectivity index (χ0n) is 32.8. The van der Waals surface area contributed by atoms with E-state index in [1.54, 1.807) is 25.1 Å². The number of amides is 2. The fraction of sp³-hybridized carbons (Fsp3) is 0.271. The van der Waals surface area contributed by atoms with Crippen LogP contribution in [0.5, 0.6) is 17.2 Å². The number of carbonyl (C=O) groups is 3. The van der Waals surface area contributed by atoms with Crippen LogP contribution in [0, 0.1) is 11.7 Å². The van der Waals surface area contributed by atoms with Gasteiger partial charge in [-0.2, -0.15) is 0 Å². The van der Waals surface area contributed by atoms with Gasteiger partial charge in [0.2, 0.25) is 0 Å². The van der Waals surface area contributed by atoms with E-state index in [0.29, 0.717) is 29.7 Å². The number of carboxylic acids is 1. The fourth-order valence-electron chi connectivity index (χ4n) is 8.01. The van der Waals surface area contributed by atoms with Crippen molar-refractivity contribution in [2.45, 2.75) is 63.6 Å². The van der Waals surface area contributed by atoms with E-state index in [2.05, 4.69) is 22.8 Å². The smallest absolute Gasteiger partial charge is 0.331 e. The van der Waals surface area contributed by atoms with E-state index in [4.69, 9.17) is 14.2 Å². The van der Waals surface area contributed by atoms with Crippen LogP contribution < -0.4 is 24.8 Å². The standard InChI is InChI=1S/C48H47FN2O7/c1-31-27-28-48(46(54)55,51-45(53)40-25-19-34-13-7-9-15-38(34)42(40)57-30-29-56-37-23-21-36(49)22-24-37)47(31,3)50-44(52)41-26-20-35-14-8-10-16-39(35)43(41)58-32(2)17-18-33-11-5-4-6-12-33/h4-16,19-26,31-32H,17-18,27-30H2,1-3H3,(H,50,52)(H,51,53)(H,54,55). The van der Waals surface area contributed by atoms with Gasteiger partial charge in [-0.15, -0.1) is 0 Å². The fourth-order valence-corrected chi connectivity index (χ4v) is 8.01. The molecule has 1 fully saturated rings. The normalized spacial score (nSPS) is 19.3. The van der Waals surface area contributed by atoms with Crippen molar-refractivity contribution in [3.63, 3.8) is 0 Å². The van der Waals surface area contributed by atoms with E-state index >= 15 is 0 Å². The Bertz CT molecular complexity index is 2440. The summed E-state index contributed by atoms with van der Waals surface area (Å²) in [7, 11) is 0. The average Bonchev–Trinajstić information content (AvgIpc) is 3.48. The highest BCUT2D eigenvalue weighted by atomic mass is 19.1. The first-order valence-corrected chi connectivity index (χ1v) is 19.6. The highest BCUT2D eigenvalue weighted by Gasteiger charge is 2.62. The summed E-state index contributed by atoms with van der Waals surface area (Å²) in [6.07, 6.45) is 1.74. The number of hydrogen-bond donors (Lipinski definition) is 3. The molecule has 58 heavy (non-hydrogen) atoms. The molecule has 0 aromatic heterocycles. The van der Waals surface area contributed by atoms with Crippen LogP contribution in [0.1, 0.15) is 66.3 Å². The lowest BCUT2D eigenvalue weighted by Crippen LogP contribution is -2.72. The summed E-state index contributed by atoms with van der Waals surface area (Å²) in [4.78, 5) is 42.6. The first kappa shape index (κ1) is 39.8. The molecule has 7 rings (SSSR count). The molecule has 0 spiro atoms. The van der Waals surface area contributed by atoms with Crippen molar-refractivity contribution in [3.05, 3.63) is 150 Å². The van der Waals surface area contributed by atoms with Crippen molar-refractivity contribution in [2.24, 2.45) is 5.92 Å². The van der Waals surface area contributed by atoms with E-state index < -0.39 is 28.9 Å². The predicted octanol–water partition coefficient (Wildman–Crippen LogP) is 9.16. The Hall–Kier alpha value is -6.42. The number of carboxylic acid groups (broad SMARTS) is 1. The summed E-state index contributed by atoms with van der Waals surface area (Å²) in [6, 6.07) is 37.8. The van der Waals surface area contributed by atoms with Crippen LogP contribution in [-0.2, 0) is 11.2 Å². The number of aliphatic carboxylic acids is 1. The monoisotopic (exact) mass is 782 g/mol. The first-order chi connectivity index (χ1) is 28.0. The van der Waals surface area contributed by atoms with Gasteiger partial charge in [0.15, 0.2) is 5.54 Å². The van der Waals surface area contributed by atoms with Crippen LogP contribution in [0.4, 0.5) is 4.39 Å². The number of ether oxygens (including phenoxy) is 3. The molecule has 9 nitrogen and oxygen atoms in total. The zero-order chi connectivity index (χ0) is 40.9. The molecule has 1 aliphatic rings. The van der Waals surface area contributed by atoms with Gasteiger partial charge in [-0.3, -0.25) is 9.59 Å². The van der Waals surface area contributed by atoms with Gasteiger partial charge in [0.25, 0.3) is 11.8 Å². The van der Waals surface area contributed by atoms with Crippen LogP contribution in [0.15, 0.2) is 127 Å². The molecule has 0 heterocycles. The lowest BCUT2D eigenvalue weighted by molar-refractivity contribution is -0.147. The summed E-state index contributed by atoms with van der Waals surface area (Å²) in [5, 5.41) is 20.2. The van der Waals surface area contributed by atoms with Crippen LogP contribution in [0.2, 0.25) is 0 Å².